The maximum absolute atomic E-state index is 14.1. The highest BCUT2D eigenvalue weighted by atomic mass is 19.1. The Kier molecular flexibility index (Phi) is 5.75. The molecule has 0 aliphatic carbocycles. The number of alkyl carbamates (subject to hydrolysis) is 1. The summed E-state index contributed by atoms with van der Waals surface area (Å²) < 4.78 is 19.3. The van der Waals surface area contributed by atoms with Crippen molar-refractivity contribution >= 4 is 12.1 Å². The second-order valence-electron chi connectivity index (χ2n) is 6.19. The lowest BCUT2D eigenvalue weighted by Crippen LogP contribution is -2.43. The molecule has 0 spiro atoms. The molecule has 0 unspecified atom stereocenters. The van der Waals surface area contributed by atoms with E-state index >= 15 is 0 Å². The highest BCUT2D eigenvalue weighted by Crippen LogP contribution is 2.35. The molecule has 6 heteroatoms. The second kappa shape index (κ2) is 7.79. The Hall–Kier alpha value is -2.89. The molecule has 25 heavy (non-hydrogen) atoms. The van der Waals surface area contributed by atoms with Crippen LogP contribution in [0.2, 0.25) is 0 Å². The first-order chi connectivity index (χ1) is 11.8. The van der Waals surface area contributed by atoms with E-state index in [1.54, 1.807) is 18.2 Å². The highest BCUT2D eigenvalue weighted by molar-refractivity contribution is 5.77. The van der Waals surface area contributed by atoms with Crippen LogP contribution in [-0.2, 0) is 16.1 Å². The molecular weight excluding hydrogens is 325 g/mol. The molecule has 1 atom stereocenters. The molecule has 0 aliphatic rings. The number of carboxylic acids is 1. The summed E-state index contributed by atoms with van der Waals surface area (Å²) in [6.07, 6.45) is -0.813. The molecule has 2 N–H and O–H groups in total. The van der Waals surface area contributed by atoms with Gasteiger partial charge in [0.05, 0.1) is 11.5 Å². The number of carboxylic acid groups (broad SMARTS) is 1. The summed E-state index contributed by atoms with van der Waals surface area (Å²) in [5.74, 6) is -1.76. The normalized spacial score (nSPS) is 12.3. The summed E-state index contributed by atoms with van der Waals surface area (Å²) in [7, 11) is 0. The number of nitrogens with one attached hydrogen (secondary N) is 1. The minimum Gasteiger partial charge on any atom is -0.481 e. The molecule has 0 aliphatic heterocycles. The van der Waals surface area contributed by atoms with Crippen LogP contribution in [0.1, 0.15) is 31.0 Å². The molecule has 0 aromatic heterocycles. The van der Waals surface area contributed by atoms with Crippen molar-refractivity contribution in [2.24, 2.45) is 5.41 Å². The van der Waals surface area contributed by atoms with E-state index in [-0.39, 0.29) is 12.2 Å². The van der Waals surface area contributed by atoms with Gasteiger partial charge in [-0.25, -0.2) is 9.18 Å². The van der Waals surface area contributed by atoms with Crippen molar-refractivity contribution in [2.45, 2.75) is 26.5 Å². The largest absolute Gasteiger partial charge is 0.481 e. The number of halogens is 1. The van der Waals surface area contributed by atoms with E-state index in [2.05, 4.69) is 5.32 Å². The van der Waals surface area contributed by atoms with Gasteiger partial charge in [-0.15, -0.1) is 0 Å². The van der Waals surface area contributed by atoms with Gasteiger partial charge >= 0.3 is 12.1 Å². The predicted molar refractivity (Wildman–Crippen MR) is 90.3 cm³/mol. The number of amides is 1. The van der Waals surface area contributed by atoms with Crippen LogP contribution in [0.4, 0.5) is 9.18 Å². The smallest absolute Gasteiger partial charge is 0.407 e. The molecule has 2 aromatic rings. The summed E-state index contributed by atoms with van der Waals surface area (Å²) in [5.41, 5.74) is -0.558. The third kappa shape index (κ3) is 4.56. The summed E-state index contributed by atoms with van der Waals surface area (Å²) in [5, 5.41) is 12.0. The lowest BCUT2D eigenvalue weighted by Gasteiger charge is -2.31. The minimum atomic E-state index is -1.44. The molecule has 2 aromatic carbocycles. The van der Waals surface area contributed by atoms with Crippen LogP contribution in [0.15, 0.2) is 54.6 Å². The lowest BCUT2D eigenvalue weighted by molar-refractivity contribution is -0.148. The molecule has 0 radical (unpaired) electrons. The van der Waals surface area contributed by atoms with E-state index in [1.165, 1.54) is 32.0 Å². The van der Waals surface area contributed by atoms with Crippen molar-refractivity contribution in [3.63, 3.8) is 0 Å². The summed E-state index contributed by atoms with van der Waals surface area (Å²) >= 11 is 0. The zero-order valence-corrected chi connectivity index (χ0v) is 14.0. The number of benzene rings is 2. The van der Waals surface area contributed by atoms with Crippen molar-refractivity contribution in [2.75, 3.05) is 0 Å². The van der Waals surface area contributed by atoms with Gasteiger partial charge in [-0.1, -0.05) is 48.5 Å². The van der Waals surface area contributed by atoms with Crippen LogP contribution >= 0.6 is 0 Å². The number of hydrogen-bond acceptors (Lipinski definition) is 3. The van der Waals surface area contributed by atoms with Gasteiger partial charge in [0.15, 0.2) is 0 Å². The van der Waals surface area contributed by atoms with Crippen LogP contribution in [-0.4, -0.2) is 17.2 Å². The van der Waals surface area contributed by atoms with E-state index in [9.17, 15) is 19.1 Å². The van der Waals surface area contributed by atoms with Gasteiger partial charge in [0.1, 0.15) is 12.4 Å². The molecule has 2 rings (SSSR count). The minimum absolute atomic E-state index is 0.0319. The first-order valence-electron chi connectivity index (χ1n) is 7.77. The van der Waals surface area contributed by atoms with Crippen molar-refractivity contribution in [1.82, 2.24) is 5.32 Å². The third-order valence-electron chi connectivity index (χ3n) is 3.96. The number of carbonyl (C=O) groups is 2. The molecule has 0 fully saturated rings. The van der Waals surface area contributed by atoms with Crippen molar-refractivity contribution in [3.05, 3.63) is 71.5 Å². The Morgan fingerprint density at radius 1 is 1.12 bits per heavy atom. The van der Waals surface area contributed by atoms with E-state index in [0.717, 1.165) is 5.56 Å². The standard InChI is InChI=1S/C19H20FNO4/c1-19(2,17(22)23)16(14-10-6-7-11-15(14)20)21-18(24)25-12-13-8-4-3-5-9-13/h3-11,16H,12H2,1-2H3,(H,21,24)(H,22,23)/t16-/m0/s1. The van der Waals surface area contributed by atoms with Crippen LogP contribution in [0, 0.1) is 11.2 Å². The lowest BCUT2D eigenvalue weighted by atomic mass is 9.80. The Morgan fingerprint density at radius 2 is 1.72 bits per heavy atom. The maximum Gasteiger partial charge on any atom is 0.407 e. The summed E-state index contributed by atoms with van der Waals surface area (Å²) in [6, 6.07) is 13.7. The summed E-state index contributed by atoms with van der Waals surface area (Å²) in [6.45, 7) is 2.87. The Labute approximate surface area is 145 Å². The number of hydrogen-bond donors (Lipinski definition) is 2. The van der Waals surface area contributed by atoms with Crippen LogP contribution in [0.3, 0.4) is 0 Å². The van der Waals surface area contributed by atoms with Crippen molar-refractivity contribution in [3.8, 4) is 0 Å². The van der Waals surface area contributed by atoms with E-state index < -0.39 is 29.3 Å². The number of carbonyl (C=O) groups excluding carboxylic acids is 1. The quantitative estimate of drug-likeness (QED) is 0.832. The van der Waals surface area contributed by atoms with Crippen LogP contribution < -0.4 is 5.32 Å². The molecule has 0 bridgehead atoms. The van der Waals surface area contributed by atoms with Crippen LogP contribution in [0.25, 0.3) is 0 Å². The Bertz CT molecular complexity index is 746. The molecule has 0 saturated heterocycles. The number of ether oxygens (including phenoxy) is 1. The zero-order valence-electron chi connectivity index (χ0n) is 14.0. The highest BCUT2D eigenvalue weighted by Gasteiger charge is 2.40. The SMILES string of the molecule is CC(C)(C(=O)O)[C@@H](NC(=O)OCc1ccccc1)c1ccccc1F. The third-order valence-corrected chi connectivity index (χ3v) is 3.96. The van der Waals surface area contributed by atoms with Crippen molar-refractivity contribution in [1.29, 1.82) is 0 Å². The topological polar surface area (TPSA) is 75.6 Å². The molecular formula is C19H20FNO4. The van der Waals surface area contributed by atoms with Crippen LogP contribution in [0.5, 0.6) is 0 Å². The first kappa shape index (κ1) is 18.4. The average molecular weight is 345 g/mol. The van der Waals surface area contributed by atoms with Gasteiger partial charge in [0.2, 0.25) is 0 Å². The number of aliphatic carboxylic acids is 1. The predicted octanol–water partition coefficient (Wildman–Crippen LogP) is 3.90. The molecule has 132 valence electrons. The Morgan fingerprint density at radius 3 is 2.32 bits per heavy atom. The molecule has 0 saturated carbocycles. The molecule has 1 amide bonds. The van der Waals surface area contributed by atoms with E-state index in [1.807, 2.05) is 18.2 Å². The van der Waals surface area contributed by atoms with Crippen molar-refractivity contribution < 1.29 is 23.8 Å². The monoisotopic (exact) mass is 345 g/mol. The van der Waals surface area contributed by atoms with Gasteiger partial charge < -0.3 is 15.2 Å². The van der Waals surface area contributed by atoms with Gasteiger partial charge in [-0.2, -0.15) is 0 Å². The Balaban J connectivity index is 2.17. The number of rotatable bonds is 6. The van der Waals surface area contributed by atoms with Gasteiger partial charge in [0.25, 0.3) is 0 Å². The fourth-order valence-electron chi connectivity index (χ4n) is 2.36. The first-order valence-corrected chi connectivity index (χ1v) is 7.77. The van der Waals surface area contributed by atoms with Gasteiger partial charge in [-0.3, -0.25) is 4.79 Å². The molecule has 0 heterocycles. The van der Waals surface area contributed by atoms with Gasteiger partial charge in [-0.05, 0) is 25.5 Å². The fourth-order valence-corrected chi connectivity index (χ4v) is 2.36. The zero-order chi connectivity index (χ0) is 18.4. The van der Waals surface area contributed by atoms with E-state index in [4.69, 9.17) is 4.74 Å². The average Bonchev–Trinajstić information content (AvgIpc) is 2.59. The summed E-state index contributed by atoms with van der Waals surface area (Å²) in [4.78, 5) is 23.7. The second-order valence-corrected chi connectivity index (χ2v) is 6.19. The van der Waals surface area contributed by atoms with E-state index in [0.29, 0.717) is 0 Å². The van der Waals surface area contributed by atoms with Gasteiger partial charge in [0, 0.05) is 5.56 Å². The molecule has 5 nitrogen and oxygen atoms in total. The fraction of sp³-hybridized carbons (Fsp3) is 0.263. The maximum atomic E-state index is 14.1.